The molecule has 0 aliphatic rings. The molecule has 0 bridgehead atoms. The Labute approximate surface area is 148 Å². The Morgan fingerprint density at radius 1 is 1.12 bits per heavy atom. The van der Waals surface area contributed by atoms with Gasteiger partial charge in [0.15, 0.2) is 5.82 Å². The van der Waals surface area contributed by atoms with Crippen LogP contribution in [0.1, 0.15) is 19.9 Å². The molecule has 1 heterocycles. The highest BCUT2D eigenvalue weighted by Gasteiger charge is 2.14. The zero-order valence-corrected chi connectivity index (χ0v) is 14.3. The van der Waals surface area contributed by atoms with Crippen LogP contribution in [0.25, 0.3) is 11.4 Å². The van der Waals surface area contributed by atoms with E-state index < -0.39 is 11.8 Å². The van der Waals surface area contributed by atoms with Gasteiger partial charge in [0, 0.05) is 23.0 Å². The van der Waals surface area contributed by atoms with Gasteiger partial charge in [-0.2, -0.15) is 5.10 Å². The van der Waals surface area contributed by atoms with Crippen molar-refractivity contribution in [1.29, 1.82) is 0 Å². The van der Waals surface area contributed by atoms with E-state index in [1.54, 1.807) is 30.3 Å². The van der Waals surface area contributed by atoms with E-state index in [0.29, 0.717) is 22.8 Å². The van der Waals surface area contributed by atoms with Crippen molar-refractivity contribution >= 4 is 17.4 Å². The van der Waals surface area contributed by atoms with E-state index in [-0.39, 0.29) is 11.7 Å². The number of aromatic nitrogens is 3. The van der Waals surface area contributed by atoms with Crippen LogP contribution < -0.4 is 16.3 Å². The Morgan fingerprint density at radius 2 is 1.77 bits per heavy atom. The summed E-state index contributed by atoms with van der Waals surface area (Å²) in [5, 5.41) is 11.7. The maximum absolute atomic E-state index is 13.2. The van der Waals surface area contributed by atoms with Gasteiger partial charge in [0.05, 0.1) is 0 Å². The second-order valence-corrected chi connectivity index (χ2v) is 5.99. The molecule has 3 rings (SSSR count). The summed E-state index contributed by atoms with van der Waals surface area (Å²) in [5.41, 5.74) is 1.25. The number of rotatable bonds is 4. The van der Waals surface area contributed by atoms with E-state index in [4.69, 9.17) is 0 Å². The lowest BCUT2D eigenvalue weighted by molar-refractivity contribution is 0.262. The predicted octanol–water partition coefficient (Wildman–Crippen LogP) is 3.60. The van der Waals surface area contributed by atoms with Crippen LogP contribution in [0.5, 0.6) is 0 Å². The molecule has 0 unspecified atom stereocenters. The van der Waals surface area contributed by atoms with Gasteiger partial charge in [-0.15, -0.1) is 0 Å². The lowest BCUT2D eigenvalue weighted by Gasteiger charge is -2.11. The first kappa shape index (κ1) is 17.4. The summed E-state index contributed by atoms with van der Waals surface area (Å²) in [7, 11) is 0. The third-order valence-electron chi connectivity index (χ3n) is 3.68. The van der Waals surface area contributed by atoms with Crippen molar-refractivity contribution in [2.24, 2.45) is 0 Å². The molecule has 0 aliphatic carbocycles. The van der Waals surface area contributed by atoms with Gasteiger partial charge in [-0.05, 0) is 44.2 Å². The molecule has 134 valence electrons. The summed E-state index contributed by atoms with van der Waals surface area (Å²) < 4.78 is 14.7. The second kappa shape index (κ2) is 7.22. The quantitative estimate of drug-likeness (QED) is 0.668. The van der Waals surface area contributed by atoms with Gasteiger partial charge in [-0.3, -0.25) is 4.57 Å². The summed E-state index contributed by atoms with van der Waals surface area (Å²) in [6.07, 6.45) is 0. The van der Waals surface area contributed by atoms with Gasteiger partial charge >= 0.3 is 11.7 Å². The average molecular weight is 355 g/mol. The van der Waals surface area contributed by atoms with Gasteiger partial charge in [0.2, 0.25) is 0 Å². The molecule has 2 aromatic carbocycles. The number of halogens is 1. The van der Waals surface area contributed by atoms with Crippen LogP contribution >= 0.6 is 0 Å². The van der Waals surface area contributed by atoms with Gasteiger partial charge in [0.1, 0.15) is 5.82 Å². The van der Waals surface area contributed by atoms with Crippen molar-refractivity contribution in [3.63, 3.8) is 0 Å². The van der Waals surface area contributed by atoms with E-state index in [9.17, 15) is 14.0 Å². The molecule has 0 saturated heterocycles. The first-order chi connectivity index (χ1) is 12.4. The molecule has 0 spiro atoms. The lowest BCUT2D eigenvalue weighted by Crippen LogP contribution is -2.20. The number of anilines is 2. The van der Waals surface area contributed by atoms with Crippen LogP contribution in [-0.4, -0.2) is 20.8 Å². The Bertz CT molecular complexity index is 993. The van der Waals surface area contributed by atoms with E-state index in [1.165, 1.54) is 22.8 Å². The normalized spacial score (nSPS) is 10.8. The first-order valence-corrected chi connectivity index (χ1v) is 8.05. The van der Waals surface area contributed by atoms with Crippen molar-refractivity contribution in [3.05, 3.63) is 64.8 Å². The minimum atomic E-state index is -0.504. The van der Waals surface area contributed by atoms with Crippen LogP contribution in [0.2, 0.25) is 0 Å². The molecule has 3 N–H and O–H groups in total. The summed E-state index contributed by atoms with van der Waals surface area (Å²) in [5.74, 6) is 0.0502. The minimum Gasteiger partial charge on any atom is -0.308 e. The monoisotopic (exact) mass is 355 g/mol. The molecule has 0 radical (unpaired) electrons. The number of carbonyl (C=O) groups excluding carboxylic acids is 1. The number of aromatic amines is 1. The smallest absolute Gasteiger partial charge is 0.308 e. The molecule has 26 heavy (non-hydrogen) atoms. The van der Waals surface area contributed by atoms with E-state index in [1.807, 2.05) is 13.8 Å². The molecule has 0 atom stereocenters. The number of urea groups is 1. The lowest BCUT2D eigenvalue weighted by atomic mass is 10.2. The number of hydrogen-bond acceptors (Lipinski definition) is 3. The Hall–Kier alpha value is -3.42. The molecule has 8 heteroatoms. The molecule has 3 aromatic rings. The van der Waals surface area contributed by atoms with Crippen molar-refractivity contribution in [2.45, 2.75) is 19.9 Å². The topological polar surface area (TPSA) is 91.8 Å². The molecule has 0 aliphatic heterocycles. The van der Waals surface area contributed by atoms with Crippen molar-refractivity contribution in [1.82, 2.24) is 14.8 Å². The highest BCUT2D eigenvalue weighted by molar-refractivity contribution is 6.00. The van der Waals surface area contributed by atoms with Crippen molar-refractivity contribution in [3.8, 4) is 11.4 Å². The van der Waals surface area contributed by atoms with Crippen molar-refractivity contribution in [2.75, 3.05) is 10.6 Å². The van der Waals surface area contributed by atoms with Crippen molar-refractivity contribution < 1.29 is 9.18 Å². The highest BCUT2D eigenvalue weighted by atomic mass is 19.1. The van der Waals surface area contributed by atoms with Gasteiger partial charge < -0.3 is 10.6 Å². The Morgan fingerprint density at radius 3 is 2.42 bits per heavy atom. The van der Waals surface area contributed by atoms with Crippen LogP contribution in [0.3, 0.4) is 0 Å². The fourth-order valence-electron chi connectivity index (χ4n) is 2.58. The van der Waals surface area contributed by atoms with Gasteiger partial charge in [0.25, 0.3) is 0 Å². The van der Waals surface area contributed by atoms with Crippen LogP contribution in [0.15, 0.2) is 53.3 Å². The minimum absolute atomic E-state index is 0.0656. The second-order valence-electron chi connectivity index (χ2n) is 5.99. The maximum atomic E-state index is 13.2. The Balaban J connectivity index is 1.80. The molecule has 7 nitrogen and oxygen atoms in total. The number of hydrogen-bond donors (Lipinski definition) is 3. The third kappa shape index (κ3) is 3.80. The fraction of sp³-hybridized carbons (Fsp3) is 0.167. The summed E-state index contributed by atoms with van der Waals surface area (Å²) in [4.78, 5) is 24.0. The largest absolute Gasteiger partial charge is 0.343 e. The Kier molecular flexibility index (Phi) is 4.83. The predicted molar refractivity (Wildman–Crippen MR) is 97.7 cm³/mol. The van der Waals surface area contributed by atoms with Crippen LogP contribution in [0.4, 0.5) is 20.6 Å². The number of benzene rings is 2. The van der Waals surface area contributed by atoms with Gasteiger partial charge in [-0.25, -0.2) is 19.1 Å². The summed E-state index contributed by atoms with van der Waals surface area (Å²) in [6, 6.07) is 12.0. The molecule has 2 amide bonds. The zero-order valence-electron chi connectivity index (χ0n) is 14.3. The van der Waals surface area contributed by atoms with E-state index in [0.717, 1.165) is 0 Å². The third-order valence-corrected chi connectivity index (χ3v) is 3.68. The van der Waals surface area contributed by atoms with Crippen LogP contribution in [-0.2, 0) is 0 Å². The first-order valence-electron chi connectivity index (χ1n) is 8.05. The molecular formula is C18H18FN5O2. The molecule has 0 fully saturated rings. The van der Waals surface area contributed by atoms with E-state index in [2.05, 4.69) is 20.8 Å². The van der Waals surface area contributed by atoms with Crippen LogP contribution in [0, 0.1) is 5.82 Å². The number of nitrogens with one attached hydrogen (secondary N) is 3. The number of H-pyrrole nitrogens is 1. The number of amides is 2. The average Bonchev–Trinajstić information content (AvgIpc) is 2.97. The van der Waals surface area contributed by atoms with E-state index >= 15 is 0 Å². The molecular weight excluding hydrogens is 337 g/mol. The molecule has 1 aromatic heterocycles. The standard InChI is InChI=1S/C18H18FN5O2/c1-11(2)24-16(22-23-18(24)26)12-5-3-7-14(9-12)20-17(25)21-15-8-4-6-13(19)10-15/h3-11H,1-2H3,(H,23,26)(H2,20,21,25). The number of nitrogens with zero attached hydrogens (tertiary/aromatic N) is 2. The summed E-state index contributed by atoms with van der Waals surface area (Å²) >= 11 is 0. The maximum Gasteiger partial charge on any atom is 0.343 e. The molecule has 0 saturated carbocycles. The fourth-order valence-corrected chi connectivity index (χ4v) is 2.58. The SMILES string of the molecule is CC(C)n1c(-c2cccc(NC(=O)Nc3cccc(F)c3)c2)n[nH]c1=O. The summed E-state index contributed by atoms with van der Waals surface area (Å²) in [6.45, 7) is 3.77. The highest BCUT2D eigenvalue weighted by Crippen LogP contribution is 2.22. The zero-order chi connectivity index (χ0) is 18.7. The number of carbonyl (C=O) groups is 1. The van der Waals surface area contributed by atoms with Gasteiger partial charge in [-0.1, -0.05) is 18.2 Å².